The molecule has 21 heavy (non-hydrogen) atoms. The van der Waals surface area contributed by atoms with Crippen LogP contribution in [0, 0.1) is 6.92 Å². The molecule has 0 amide bonds. The Labute approximate surface area is 134 Å². The fourth-order valence-corrected chi connectivity index (χ4v) is 4.88. The summed E-state index contributed by atoms with van der Waals surface area (Å²) in [5.41, 5.74) is 1.39. The van der Waals surface area contributed by atoms with Crippen LogP contribution in [0.25, 0.3) is 0 Å². The minimum Gasteiger partial charge on any atom is -0.392 e. The Balaban J connectivity index is 2.25. The average Bonchev–Trinajstić information content (AvgIpc) is 2.43. The van der Waals surface area contributed by atoms with E-state index < -0.39 is 10.0 Å². The van der Waals surface area contributed by atoms with Crippen molar-refractivity contribution in [3.05, 3.63) is 27.7 Å². The Morgan fingerprint density at radius 1 is 1.38 bits per heavy atom. The molecular formula is C14H21BrN2O3S. The van der Waals surface area contributed by atoms with E-state index in [4.69, 9.17) is 0 Å². The molecule has 0 saturated carbocycles. The lowest BCUT2D eigenvalue weighted by Crippen LogP contribution is -2.43. The van der Waals surface area contributed by atoms with Crippen molar-refractivity contribution in [2.75, 3.05) is 20.1 Å². The highest BCUT2D eigenvalue weighted by Gasteiger charge is 2.25. The summed E-state index contributed by atoms with van der Waals surface area (Å²) in [6.45, 7) is 3.43. The first-order chi connectivity index (χ1) is 9.83. The van der Waals surface area contributed by atoms with Gasteiger partial charge in [0.1, 0.15) is 0 Å². The average molecular weight is 377 g/mol. The molecule has 1 aromatic carbocycles. The normalized spacial score (nSPS) is 18.1. The van der Waals surface area contributed by atoms with Gasteiger partial charge in [0.2, 0.25) is 10.0 Å². The van der Waals surface area contributed by atoms with Crippen molar-refractivity contribution in [3.8, 4) is 0 Å². The second-order valence-corrected chi connectivity index (χ2v) is 8.06. The molecule has 1 aromatic rings. The van der Waals surface area contributed by atoms with E-state index in [0.29, 0.717) is 10.0 Å². The monoisotopic (exact) mass is 376 g/mol. The number of aliphatic hydroxyl groups excluding tert-OH is 1. The van der Waals surface area contributed by atoms with E-state index in [-0.39, 0.29) is 17.5 Å². The molecule has 0 atom stereocenters. The SMILES string of the molecule is Cc1cc(CO)cc(S(=O)(=O)NC2CCN(C)CC2)c1Br. The van der Waals surface area contributed by atoms with Crippen LogP contribution in [0.3, 0.4) is 0 Å². The largest absolute Gasteiger partial charge is 0.392 e. The van der Waals surface area contributed by atoms with Gasteiger partial charge in [-0.2, -0.15) is 0 Å². The highest BCUT2D eigenvalue weighted by molar-refractivity contribution is 9.10. The Morgan fingerprint density at radius 2 is 2.00 bits per heavy atom. The van der Waals surface area contributed by atoms with Gasteiger partial charge in [0, 0.05) is 10.5 Å². The second kappa shape index (κ2) is 6.75. The maximum atomic E-state index is 12.6. The minimum absolute atomic E-state index is 0.0313. The molecule has 1 aliphatic rings. The fraction of sp³-hybridized carbons (Fsp3) is 0.571. The zero-order chi connectivity index (χ0) is 15.6. The van der Waals surface area contributed by atoms with Gasteiger partial charge in [-0.15, -0.1) is 0 Å². The summed E-state index contributed by atoms with van der Waals surface area (Å²) in [4.78, 5) is 2.39. The number of piperidine rings is 1. The van der Waals surface area contributed by atoms with Crippen LogP contribution in [0.1, 0.15) is 24.0 Å². The van der Waals surface area contributed by atoms with Crippen molar-refractivity contribution in [2.45, 2.75) is 37.3 Å². The van der Waals surface area contributed by atoms with E-state index in [9.17, 15) is 13.5 Å². The molecule has 118 valence electrons. The molecule has 0 spiro atoms. The van der Waals surface area contributed by atoms with Gasteiger partial charge in [-0.1, -0.05) is 6.07 Å². The molecule has 0 aromatic heterocycles. The predicted molar refractivity (Wildman–Crippen MR) is 85.6 cm³/mol. The van der Waals surface area contributed by atoms with Gasteiger partial charge < -0.3 is 10.0 Å². The number of rotatable bonds is 4. The molecule has 1 aliphatic heterocycles. The predicted octanol–water partition coefficient (Wildman–Crippen LogP) is 1.62. The number of aliphatic hydroxyl groups is 1. The van der Waals surface area contributed by atoms with Crippen molar-refractivity contribution in [2.24, 2.45) is 0 Å². The van der Waals surface area contributed by atoms with Gasteiger partial charge in [-0.25, -0.2) is 13.1 Å². The number of nitrogens with one attached hydrogen (secondary N) is 1. The van der Waals surface area contributed by atoms with Crippen LogP contribution >= 0.6 is 15.9 Å². The topological polar surface area (TPSA) is 69.6 Å². The fourth-order valence-electron chi connectivity index (χ4n) is 2.51. The van der Waals surface area contributed by atoms with Crippen LogP contribution < -0.4 is 4.72 Å². The van der Waals surface area contributed by atoms with Gasteiger partial charge in [-0.3, -0.25) is 0 Å². The smallest absolute Gasteiger partial charge is 0.241 e. The quantitative estimate of drug-likeness (QED) is 0.837. The van der Waals surface area contributed by atoms with E-state index in [1.54, 1.807) is 6.07 Å². The summed E-state index contributed by atoms with van der Waals surface area (Å²) in [5.74, 6) is 0. The molecular weight excluding hydrogens is 356 g/mol. The number of aryl methyl sites for hydroxylation is 1. The van der Waals surface area contributed by atoms with E-state index in [0.717, 1.165) is 31.5 Å². The van der Waals surface area contributed by atoms with E-state index in [1.807, 2.05) is 14.0 Å². The molecule has 1 fully saturated rings. The summed E-state index contributed by atoms with van der Waals surface area (Å²) < 4.78 is 28.5. The molecule has 1 saturated heterocycles. The molecule has 2 rings (SSSR count). The van der Waals surface area contributed by atoms with Crippen molar-refractivity contribution in [3.63, 3.8) is 0 Å². The number of likely N-dealkylation sites (tertiary alicyclic amines) is 1. The Morgan fingerprint density at radius 3 is 2.57 bits per heavy atom. The van der Waals surface area contributed by atoms with Crippen LogP contribution in [0.15, 0.2) is 21.5 Å². The highest BCUT2D eigenvalue weighted by Crippen LogP contribution is 2.28. The van der Waals surface area contributed by atoms with Crippen molar-refractivity contribution in [1.82, 2.24) is 9.62 Å². The first-order valence-corrected chi connectivity index (χ1v) is 9.22. The summed E-state index contributed by atoms with van der Waals surface area (Å²) in [6.07, 6.45) is 1.62. The molecule has 1 heterocycles. The third-order valence-corrected chi connectivity index (χ3v) is 6.65. The van der Waals surface area contributed by atoms with Crippen LogP contribution in [0.2, 0.25) is 0 Å². The maximum Gasteiger partial charge on any atom is 0.241 e. The van der Waals surface area contributed by atoms with E-state index >= 15 is 0 Å². The highest BCUT2D eigenvalue weighted by atomic mass is 79.9. The number of hydrogen-bond acceptors (Lipinski definition) is 4. The second-order valence-electron chi connectivity index (χ2n) is 5.58. The summed E-state index contributed by atoms with van der Waals surface area (Å²) in [5, 5.41) is 9.26. The zero-order valence-electron chi connectivity index (χ0n) is 12.3. The van der Waals surface area contributed by atoms with Crippen LogP contribution in [-0.4, -0.2) is 44.6 Å². The van der Waals surface area contributed by atoms with Crippen LogP contribution in [0.4, 0.5) is 0 Å². The number of hydrogen-bond donors (Lipinski definition) is 2. The molecule has 5 nitrogen and oxygen atoms in total. The molecule has 0 radical (unpaired) electrons. The minimum atomic E-state index is -3.59. The lowest BCUT2D eigenvalue weighted by molar-refractivity contribution is 0.248. The number of benzene rings is 1. The Kier molecular flexibility index (Phi) is 5.43. The third kappa shape index (κ3) is 4.04. The first kappa shape index (κ1) is 16.9. The summed E-state index contributed by atoms with van der Waals surface area (Å²) in [6, 6.07) is 3.27. The standard InChI is InChI=1S/C14H21BrN2O3S/c1-10-7-11(9-18)8-13(14(10)15)21(19,20)16-12-3-5-17(2)6-4-12/h7-8,12,16,18H,3-6,9H2,1-2H3. The Hall–Kier alpha value is -0.470. The molecule has 7 heteroatoms. The van der Waals surface area contributed by atoms with E-state index in [1.165, 1.54) is 6.07 Å². The lowest BCUT2D eigenvalue weighted by Gasteiger charge is -2.29. The molecule has 2 N–H and O–H groups in total. The van der Waals surface area contributed by atoms with Crippen molar-refractivity contribution < 1.29 is 13.5 Å². The van der Waals surface area contributed by atoms with Gasteiger partial charge in [0.25, 0.3) is 0 Å². The third-order valence-electron chi connectivity index (χ3n) is 3.79. The van der Waals surface area contributed by atoms with E-state index in [2.05, 4.69) is 25.6 Å². The summed E-state index contributed by atoms with van der Waals surface area (Å²) in [7, 11) is -1.55. The van der Waals surface area contributed by atoms with Gasteiger partial charge in [-0.05, 0) is 73.0 Å². The number of sulfonamides is 1. The van der Waals surface area contributed by atoms with Gasteiger partial charge >= 0.3 is 0 Å². The van der Waals surface area contributed by atoms with Crippen molar-refractivity contribution in [1.29, 1.82) is 0 Å². The van der Waals surface area contributed by atoms with Gasteiger partial charge in [0.05, 0.1) is 11.5 Å². The number of nitrogens with zero attached hydrogens (tertiary/aromatic N) is 1. The summed E-state index contributed by atoms with van der Waals surface area (Å²) >= 11 is 3.34. The molecule has 0 bridgehead atoms. The molecule has 0 unspecified atom stereocenters. The van der Waals surface area contributed by atoms with Crippen LogP contribution in [0.5, 0.6) is 0 Å². The van der Waals surface area contributed by atoms with Gasteiger partial charge in [0.15, 0.2) is 0 Å². The first-order valence-electron chi connectivity index (χ1n) is 6.94. The van der Waals surface area contributed by atoms with Crippen LogP contribution in [-0.2, 0) is 16.6 Å². The lowest BCUT2D eigenvalue weighted by atomic mass is 10.1. The Bertz CT molecular complexity index is 611. The molecule has 0 aliphatic carbocycles. The maximum absolute atomic E-state index is 12.6. The van der Waals surface area contributed by atoms with Crippen molar-refractivity contribution >= 4 is 26.0 Å². The zero-order valence-corrected chi connectivity index (χ0v) is 14.7. The number of halogens is 1.